The van der Waals surface area contributed by atoms with Gasteiger partial charge in [-0.15, -0.1) is 0 Å². The van der Waals surface area contributed by atoms with E-state index in [1.54, 1.807) is 24.3 Å². The van der Waals surface area contributed by atoms with Crippen LogP contribution in [0.4, 0.5) is 0 Å². The maximum atomic E-state index is 11.5. The van der Waals surface area contributed by atoms with Gasteiger partial charge in [-0.3, -0.25) is 10.1 Å². The number of nitrogens with zero attached hydrogens (tertiary/aromatic N) is 1. The van der Waals surface area contributed by atoms with Crippen molar-refractivity contribution in [1.82, 2.24) is 5.32 Å². The molecule has 1 heterocycles. The first-order chi connectivity index (χ1) is 8.15. The third kappa shape index (κ3) is 4.51. The standard InChI is InChI=1S/C13H16N2O2/c1-4-11-7-6-10(3)14-13(17-5-2)15-12(16)9-8-11/h4,6-8H,1,3,5,9H2,2H3,(H,14,15,16)/b7-6-,11-8-. The molecule has 4 nitrogen and oxygen atoms in total. The molecule has 0 atom stereocenters. The second-order valence-corrected chi connectivity index (χ2v) is 3.34. The molecule has 90 valence electrons. The van der Waals surface area contributed by atoms with Crippen LogP contribution >= 0.6 is 0 Å². The molecule has 0 fully saturated rings. The van der Waals surface area contributed by atoms with Crippen molar-refractivity contribution in [3.63, 3.8) is 0 Å². The van der Waals surface area contributed by atoms with Crippen LogP contribution in [0.5, 0.6) is 0 Å². The van der Waals surface area contributed by atoms with Crippen molar-refractivity contribution in [1.29, 1.82) is 0 Å². The summed E-state index contributed by atoms with van der Waals surface area (Å²) in [5, 5.41) is 2.58. The van der Waals surface area contributed by atoms with Gasteiger partial charge in [0.2, 0.25) is 5.91 Å². The molecule has 1 aliphatic heterocycles. The number of amides is 1. The molecular formula is C13H16N2O2. The summed E-state index contributed by atoms with van der Waals surface area (Å²) < 4.78 is 5.19. The molecular weight excluding hydrogens is 216 g/mol. The molecule has 17 heavy (non-hydrogen) atoms. The van der Waals surface area contributed by atoms with Crippen molar-refractivity contribution in [3.05, 3.63) is 48.7 Å². The van der Waals surface area contributed by atoms with E-state index in [1.807, 2.05) is 6.92 Å². The zero-order valence-corrected chi connectivity index (χ0v) is 9.90. The van der Waals surface area contributed by atoms with Gasteiger partial charge in [0.25, 0.3) is 6.02 Å². The number of carbonyl (C=O) groups excluding carboxylic acids is 1. The average Bonchev–Trinajstić information content (AvgIpc) is 2.29. The Labute approximate surface area is 101 Å². The van der Waals surface area contributed by atoms with Gasteiger partial charge in [-0.25, -0.2) is 0 Å². The molecule has 0 aromatic carbocycles. The van der Waals surface area contributed by atoms with Crippen molar-refractivity contribution >= 4 is 11.9 Å². The van der Waals surface area contributed by atoms with Gasteiger partial charge in [0, 0.05) is 6.42 Å². The lowest BCUT2D eigenvalue weighted by Gasteiger charge is -2.09. The van der Waals surface area contributed by atoms with Gasteiger partial charge in [-0.05, 0) is 18.6 Å². The number of nitrogens with one attached hydrogen (secondary N) is 1. The highest BCUT2D eigenvalue weighted by Gasteiger charge is 2.07. The lowest BCUT2D eigenvalue weighted by Crippen LogP contribution is -2.32. The fraction of sp³-hybridized carbons (Fsp3) is 0.231. The molecule has 4 heteroatoms. The number of ether oxygens (including phenoxy) is 1. The van der Waals surface area contributed by atoms with Gasteiger partial charge < -0.3 is 4.74 Å². The summed E-state index contributed by atoms with van der Waals surface area (Å²) in [6, 6.07) is 0.183. The van der Waals surface area contributed by atoms with E-state index in [1.165, 1.54) is 0 Å². The van der Waals surface area contributed by atoms with Gasteiger partial charge in [-0.1, -0.05) is 31.4 Å². The van der Waals surface area contributed by atoms with E-state index in [2.05, 4.69) is 23.5 Å². The topological polar surface area (TPSA) is 50.7 Å². The predicted octanol–water partition coefficient (Wildman–Crippen LogP) is 2.08. The summed E-state index contributed by atoms with van der Waals surface area (Å²) in [4.78, 5) is 15.6. The van der Waals surface area contributed by atoms with E-state index in [0.29, 0.717) is 12.3 Å². The van der Waals surface area contributed by atoms with Crippen LogP contribution in [0.25, 0.3) is 0 Å². The summed E-state index contributed by atoms with van der Waals surface area (Å²) in [5.74, 6) is -0.181. The van der Waals surface area contributed by atoms with Crippen LogP contribution in [0.1, 0.15) is 13.3 Å². The minimum absolute atomic E-state index is 0.181. The SMILES string of the molecule is C=CC1=C/CC(=O)NC(OCC)=NC(=C)/C=C\1. The van der Waals surface area contributed by atoms with E-state index in [4.69, 9.17) is 4.74 Å². The average molecular weight is 232 g/mol. The Morgan fingerprint density at radius 3 is 3.00 bits per heavy atom. The fourth-order valence-electron chi connectivity index (χ4n) is 1.19. The zero-order chi connectivity index (χ0) is 12.7. The zero-order valence-electron chi connectivity index (χ0n) is 9.90. The molecule has 0 saturated heterocycles. The Morgan fingerprint density at radius 2 is 2.35 bits per heavy atom. The maximum Gasteiger partial charge on any atom is 0.296 e. The largest absolute Gasteiger partial charge is 0.465 e. The number of aliphatic imine (C=N–C) groups is 1. The van der Waals surface area contributed by atoms with Crippen LogP contribution in [-0.4, -0.2) is 18.5 Å². The first-order valence-corrected chi connectivity index (χ1v) is 5.36. The number of rotatable bonds is 2. The molecule has 0 unspecified atom stereocenters. The van der Waals surface area contributed by atoms with Gasteiger partial charge in [0.1, 0.15) is 0 Å². The van der Waals surface area contributed by atoms with Crippen LogP contribution in [0.2, 0.25) is 0 Å². The molecule has 1 aliphatic rings. The molecule has 0 radical (unpaired) electrons. The lowest BCUT2D eigenvalue weighted by molar-refractivity contribution is -0.119. The fourth-order valence-corrected chi connectivity index (χ4v) is 1.19. The second-order valence-electron chi connectivity index (χ2n) is 3.34. The minimum atomic E-state index is -0.181. The third-order valence-corrected chi connectivity index (χ3v) is 2.00. The molecule has 0 bridgehead atoms. The monoisotopic (exact) mass is 232 g/mol. The summed E-state index contributed by atoms with van der Waals surface area (Å²) in [6.45, 7) is 9.67. The first kappa shape index (κ1) is 13.0. The van der Waals surface area contributed by atoms with E-state index in [0.717, 1.165) is 5.57 Å². The molecule has 1 amide bonds. The Bertz CT molecular complexity index is 417. The number of carbonyl (C=O) groups is 1. The van der Waals surface area contributed by atoms with Crippen molar-refractivity contribution in [2.75, 3.05) is 6.61 Å². The van der Waals surface area contributed by atoms with Gasteiger partial charge >= 0.3 is 0 Å². The normalized spacial score (nSPS) is 21.7. The summed E-state index contributed by atoms with van der Waals surface area (Å²) in [7, 11) is 0. The predicted molar refractivity (Wildman–Crippen MR) is 68.4 cm³/mol. The van der Waals surface area contributed by atoms with Crippen molar-refractivity contribution < 1.29 is 9.53 Å². The molecule has 0 spiro atoms. The van der Waals surface area contributed by atoms with Crippen LogP contribution in [0, 0.1) is 0 Å². The molecule has 0 aliphatic carbocycles. The second kappa shape index (κ2) is 6.48. The van der Waals surface area contributed by atoms with E-state index < -0.39 is 0 Å². The highest BCUT2D eigenvalue weighted by molar-refractivity contribution is 5.95. The smallest absolute Gasteiger partial charge is 0.296 e. The third-order valence-electron chi connectivity index (χ3n) is 2.00. The Morgan fingerprint density at radius 1 is 1.59 bits per heavy atom. The van der Waals surface area contributed by atoms with E-state index in [-0.39, 0.29) is 18.3 Å². The number of hydrogen-bond acceptors (Lipinski definition) is 3. The lowest BCUT2D eigenvalue weighted by atomic mass is 10.2. The highest BCUT2D eigenvalue weighted by atomic mass is 16.5. The summed E-state index contributed by atoms with van der Waals surface area (Å²) in [5.41, 5.74) is 1.36. The quantitative estimate of drug-likeness (QED) is 0.792. The Balaban J connectivity index is 2.96. The highest BCUT2D eigenvalue weighted by Crippen LogP contribution is 2.06. The van der Waals surface area contributed by atoms with Crippen LogP contribution in [-0.2, 0) is 9.53 Å². The Kier molecular flexibility index (Phi) is 4.94. The minimum Gasteiger partial charge on any atom is -0.465 e. The summed E-state index contributed by atoms with van der Waals surface area (Å²) in [6.07, 6.45) is 7.25. The molecule has 0 aromatic rings. The first-order valence-electron chi connectivity index (χ1n) is 5.36. The molecule has 1 N–H and O–H groups in total. The maximum absolute atomic E-state index is 11.5. The van der Waals surface area contributed by atoms with Gasteiger partial charge in [0.05, 0.1) is 12.3 Å². The van der Waals surface area contributed by atoms with Gasteiger partial charge in [0.15, 0.2) is 0 Å². The molecule has 0 saturated carbocycles. The molecule has 0 aromatic heterocycles. The van der Waals surface area contributed by atoms with Crippen molar-refractivity contribution in [2.45, 2.75) is 13.3 Å². The van der Waals surface area contributed by atoms with Crippen molar-refractivity contribution in [3.8, 4) is 0 Å². The van der Waals surface area contributed by atoms with Crippen LogP contribution in [0.15, 0.2) is 53.7 Å². The van der Waals surface area contributed by atoms with E-state index >= 15 is 0 Å². The number of allylic oxidation sites excluding steroid dienone is 4. The summed E-state index contributed by atoms with van der Waals surface area (Å²) >= 11 is 0. The molecule has 1 rings (SSSR count). The number of amidine groups is 1. The van der Waals surface area contributed by atoms with Crippen molar-refractivity contribution in [2.24, 2.45) is 4.99 Å². The van der Waals surface area contributed by atoms with Crippen LogP contribution < -0.4 is 5.32 Å². The Hall–Kier alpha value is -2.10. The van der Waals surface area contributed by atoms with E-state index in [9.17, 15) is 4.79 Å². The van der Waals surface area contributed by atoms with Gasteiger partial charge in [-0.2, -0.15) is 4.99 Å². The van der Waals surface area contributed by atoms with Crippen LogP contribution in [0.3, 0.4) is 0 Å². The number of hydrogen-bond donors (Lipinski definition) is 1.